The first-order chi connectivity index (χ1) is 6.24. The van der Waals surface area contributed by atoms with Crippen molar-refractivity contribution in [2.75, 3.05) is 19.6 Å². The molecule has 0 spiro atoms. The van der Waals surface area contributed by atoms with Gasteiger partial charge in [0.05, 0.1) is 6.10 Å². The molecule has 1 aliphatic heterocycles. The molecule has 0 aromatic heterocycles. The number of likely N-dealkylation sites (tertiary alicyclic amines) is 1. The van der Waals surface area contributed by atoms with Gasteiger partial charge in [0.25, 0.3) is 0 Å². The van der Waals surface area contributed by atoms with E-state index in [1.165, 1.54) is 32.4 Å². The minimum absolute atomic E-state index is 0.304. The summed E-state index contributed by atoms with van der Waals surface area (Å²) in [5, 5.41) is 9.53. The third-order valence-corrected chi connectivity index (χ3v) is 2.73. The lowest BCUT2D eigenvalue weighted by Gasteiger charge is -2.28. The van der Waals surface area contributed by atoms with E-state index in [4.69, 9.17) is 0 Å². The quantitative estimate of drug-likeness (QED) is 0.672. The van der Waals surface area contributed by atoms with Crippen molar-refractivity contribution in [3.05, 3.63) is 12.2 Å². The molecule has 0 aliphatic carbocycles. The van der Waals surface area contributed by atoms with E-state index >= 15 is 0 Å². The molecular weight excluding hydrogens is 162 g/mol. The number of hydrogen-bond acceptors (Lipinski definition) is 2. The molecule has 76 valence electrons. The number of piperidine rings is 1. The van der Waals surface area contributed by atoms with Gasteiger partial charge in [0.1, 0.15) is 0 Å². The fourth-order valence-corrected chi connectivity index (χ4v) is 1.80. The predicted octanol–water partition coefficient (Wildman–Crippen LogP) is 1.80. The van der Waals surface area contributed by atoms with Crippen molar-refractivity contribution >= 4 is 0 Å². The summed E-state index contributed by atoms with van der Waals surface area (Å²) in [6.45, 7) is 9.16. The third kappa shape index (κ3) is 3.49. The lowest BCUT2D eigenvalue weighted by atomic mass is 10.1. The monoisotopic (exact) mass is 183 g/mol. The summed E-state index contributed by atoms with van der Waals surface area (Å²) in [7, 11) is 0. The highest BCUT2D eigenvalue weighted by Gasteiger charge is 2.13. The fourth-order valence-electron chi connectivity index (χ4n) is 1.80. The average molecular weight is 183 g/mol. The largest absolute Gasteiger partial charge is 0.389 e. The van der Waals surface area contributed by atoms with Crippen LogP contribution in [0.2, 0.25) is 0 Å². The molecule has 2 nitrogen and oxygen atoms in total. The number of aliphatic hydroxyl groups is 1. The number of rotatable bonds is 4. The van der Waals surface area contributed by atoms with E-state index in [0.29, 0.717) is 0 Å². The molecule has 1 atom stereocenters. The van der Waals surface area contributed by atoms with Crippen LogP contribution in [0.4, 0.5) is 0 Å². The van der Waals surface area contributed by atoms with Crippen molar-refractivity contribution in [1.29, 1.82) is 0 Å². The van der Waals surface area contributed by atoms with E-state index in [-0.39, 0.29) is 6.10 Å². The van der Waals surface area contributed by atoms with Gasteiger partial charge < -0.3 is 5.11 Å². The van der Waals surface area contributed by atoms with Crippen LogP contribution in [0.15, 0.2) is 12.2 Å². The SMILES string of the molecule is C=C(CN1CCCCC1)[C@H](O)CC. The van der Waals surface area contributed by atoms with Gasteiger partial charge in [-0.1, -0.05) is 19.9 Å². The van der Waals surface area contributed by atoms with Crippen LogP contribution >= 0.6 is 0 Å². The topological polar surface area (TPSA) is 23.5 Å². The Morgan fingerprint density at radius 2 is 2.00 bits per heavy atom. The second kappa shape index (κ2) is 5.40. The van der Waals surface area contributed by atoms with Crippen LogP contribution in [0, 0.1) is 0 Å². The van der Waals surface area contributed by atoms with Crippen molar-refractivity contribution in [3.63, 3.8) is 0 Å². The Kier molecular flexibility index (Phi) is 4.46. The molecule has 2 heteroatoms. The fraction of sp³-hybridized carbons (Fsp3) is 0.818. The Balaban J connectivity index is 2.26. The highest BCUT2D eigenvalue weighted by atomic mass is 16.3. The van der Waals surface area contributed by atoms with Crippen molar-refractivity contribution in [2.24, 2.45) is 0 Å². The van der Waals surface area contributed by atoms with Gasteiger partial charge in [-0.15, -0.1) is 0 Å². The lowest BCUT2D eigenvalue weighted by Crippen LogP contribution is -2.33. The van der Waals surface area contributed by atoms with Crippen LogP contribution in [0.3, 0.4) is 0 Å². The predicted molar refractivity (Wildman–Crippen MR) is 55.7 cm³/mol. The molecule has 13 heavy (non-hydrogen) atoms. The van der Waals surface area contributed by atoms with Crippen molar-refractivity contribution in [1.82, 2.24) is 4.90 Å². The van der Waals surface area contributed by atoms with Crippen LogP contribution < -0.4 is 0 Å². The van der Waals surface area contributed by atoms with Gasteiger partial charge in [-0.25, -0.2) is 0 Å². The van der Waals surface area contributed by atoms with E-state index in [0.717, 1.165) is 18.5 Å². The van der Waals surface area contributed by atoms with Crippen LogP contribution in [0.1, 0.15) is 32.6 Å². The zero-order chi connectivity index (χ0) is 9.68. The summed E-state index contributed by atoms with van der Waals surface area (Å²) in [5.74, 6) is 0. The minimum atomic E-state index is -0.304. The molecule has 1 fully saturated rings. The summed E-state index contributed by atoms with van der Waals surface area (Å²) >= 11 is 0. The molecule has 0 unspecified atom stereocenters. The summed E-state index contributed by atoms with van der Waals surface area (Å²) in [5.41, 5.74) is 0.976. The van der Waals surface area contributed by atoms with Crippen molar-refractivity contribution in [2.45, 2.75) is 38.7 Å². The standard InChI is InChI=1S/C11H21NO/c1-3-11(13)10(2)9-12-7-5-4-6-8-12/h11,13H,2-9H2,1H3/t11-/m1/s1. The highest BCUT2D eigenvalue weighted by Crippen LogP contribution is 2.12. The summed E-state index contributed by atoms with van der Waals surface area (Å²) in [6.07, 6.45) is 4.44. The normalized spacial score (nSPS) is 21.4. The van der Waals surface area contributed by atoms with Crippen LogP contribution in [-0.2, 0) is 0 Å². The molecule has 0 amide bonds. The summed E-state index contributed by atoms with van der Waals surface area (Å²) < 4.78 is 0. The molecule has 0 saturated carbocycles. The molecule has 1 aliphatic rings. The smallest absolute Gasteiger partial charge is 0.0757 e. The summed E-state index contributed by atoms with van der Waals surface area (Å²) in [4.78, 5) is 2.39. The molecule has 1 N–H and O–H groups in total. The van der Waals surface area contributed by atoms with Gasteiger partial charge in [-0.3, -0.25) is 4.90 Å². The van der Waals surface area contributed by atoms with Gasteiger partial charge in [0, 0.05) is 6.54 Å². The van der Waals surface area contributed by atoms with Gasteiger partial charge in [-0.2, -0.15) is 0 Å². The van der Waals surface area contributed by atoms with E-state index in [9.17, 15) is 5.11 Å². The number of aliphatic hydroxyl groups excluding tert-OH is 1. The van der Waals surface area contributed by atoms with Crippen molar-refractivity contribution in [3.8, 4) is 0 Å². The Bertz CT molecular complexity index is 161. The second-order valence-electron chi connectivity index (χ2n) is 3.92. The lowest BCUT2D eigenvalue weighted by molar-refractivity contribution is 0.179. The average Bonchev–Trinajstić information content (AvgIpc) is 2.18. The maximum atomic E-state index is 9.53. The Morgan fingerprint density at radius 3 is 2.54 bits per heavy atom. The van der Waals surface area contributed by atoms with Gasteiger partial charge in [-0.05, 0) is 37.9 Å². The highest BCUT2D eigenvalue weighted by molar-refractivity contribution is 5.04. The molecule has 1 heterocycles. The number of nitrogens with zero attached hydrogens (tertiary/aromatic N) is 1. The van der Waals surface area contributed by atoms with Gasteiger partial charge in [0.15, 0.2) is 0 Å². The van der Waals surface area contributed by atoms with Crippen molar-refractivity contribution < 1.29 is 5.11 Å². The van der Waals surface area contributed by atoms with E-state index < -0.39 is 0 Å². The van der Waals surface area contributed by atoms with E-state index in [2.05, 4.69) is 11.5 Å². The Hall–Kier alpha value is -0.340. The zero-order valence-electron chi connectivity index (χ0n) is 8.63. The van der Waals surface area contributed by atoms with Crippen LogP contribution in [0.5, 0.6) is 0 Å². The third-order valence-electron chi connectivity index (χ3n) is 2.73. The number of hydrogen-bond donors (Lipinski definition) is 1. The zero-order valence-corrected chi connectivity index (χ0v) is 8.63. The van der Waals surface area contributed by atoms with Gasteiger partial charge in [0.2, 0.25) is 0 Å². The molecule has 0 bridgehead atoms. The van der Waals surface area contributed by atoms with E-state index in [1.54, 1.807) is 0 Å². The first-order valence-electron chi connectivity index (χ1n) is 5.32. The van der Waals surface area contributed by atoms with Crippen LogP contribution in [-0.4, -0.2) is 35.7 Å². The maximum absolute atomic E-state index is 9.53. The van der Waals surface area contributed by atoms with Crippen LogP contribution in [0.25, 0.3) is 0 Å². The summed E-state index contributed by atoms with van der Waals surface area (Å²) in [6, 6.07) is 0. The molecule has 1 saturated heterocycles. The maximum Gasteiger partial charge on any atom is 0.0757 e. The Labute approximate surface area is 81.2 Å². The molecule has 1 rings (SSSR count). The molecule has 0 radical (unpaired) electrons. The van der Waals surface area contributed by atoms with Gasteiger partial charge >= 0.3 is 0 Å². The first-order valence-corrected chi connectivity index (χ1v) is 5.32. The Morgan fingerprint density at radius 1 is 1.38 bits per heavy atom. The molecular formula is C11H21NO. The first kappa shape index (κ1) is 10.7. The second-order valence-corrected chi connectivity index (χ2v) is 3.92. The molecule has 0 aromatic carbocycles. The van der Waals surface area contributed by atoms with E-state index in [1.807, 2.05) is 6.92 Å². The molecule has 0 aromatic rings. The minimum Gasteiger partial charge on any atom is -0.389 e.